The quantitative estimate of drug-likeness (QED) is 0.0550. The molecule has 0 spiro atoms. The maximum Gasteiger partial charge on any atom is 0.460 e. The Morgan fingerprint density at radius 3 is 1.56 bits per heavy atom. The van der Waals surface area contributed by atoms with Crippen LogP contribution in [-0.2, 0) is 42.9 Å². The van der Waals surface area contributed by atoms with E-state index in [-0.39, 0.29) is 11.5 Å². The molecule has 0 aromatic carbocycles. The number of rotatable bonds is 17. The van der Waals surface area contributed by atoms with Crippen LogP contribution in [0.3, 0.4) is 0 Å². The lowest BCUT2D eigenvalue weighted by atomic mass is 9.93. The first-order valence-corrected chi connectivity index (χ1v) is 15.9. The third-order valence-corrected chi connectivity index (χ3v) is 8.26. The van der Waals surface area contributed by atoms with Crippen LogP contribution in [0.5, 0.6) is 0 Å². The van der Waals surface area contributed by atoms with E-state index >= 15 is 0 Å². The summed E-state index contributed by atoms with van der Waals surface area (Å²) in [7, 11) is 0. The van der Waals surface area contributed by atoms with Gasteiger partial charge in [-0.2, -0.15) is 68.8 Å². The Labute approximate surface area is 283 Å². The van der Waals surface area contributed by atoms with Gasteiger partial charge in [0.05, 0.1) is 0 Å². The van der Waals surface area contributed by atoms with Crippen LogP contribution >= 0.6 is 23.5 Å². The lowest BCUT2D eigenvalue weighted by Crippen LogP contribution is -2.70. The van der Waals surface area contributed by atoms with E-state index < -0.39 is 108 Å². The summed E-state index contributed by atoms with van der Waals surface area (Å²) in [6, 6.07) is 0. The zero-order valence-corrected chi connectivity index (χ0v) is 27.6. The molecule has 1 aliphatic heterocycles. The lowest BCUT2D eigenvalue weighted by Gasteiger charge is -2.44. The molecule has 0 saturated carbocycles. The van der Waals surface area contributed by atoms with Crippen LogP contribution in [0, 0.1) is 0 Å². The third kappa shape index (κ3) is 10.7. The number of carbonyl (C=O) groups is 4. The highest BCUT2D eigenvalue weighted by molar-refractivity contribution is 8.00. The Hall–Kier alpha value is -2.63. The van der Waals surface area contributed by atoms with Gasteiger partial charge in [-0.15, -0.1) is 11.8 Å². The molecule has 0 amide bonds. The molecule has 1 heterocycles. The van der Waals surface area contributed by atoms with Gasteiger partial charge in [0.15, 0.2) is 18.3 Å². The first-order chi connectivity index (χ1) is 22.5. The van der Waals surface area contributed by atoms with Gasteiger partial charge in [-0.3, -0.25) is 19.2 Å². The fourth-order valence-corrected chi connectivity index (χ4v) is 5.82. The van der Waals surface area contributed by atoms with Gasteiger partial charge < -0.3 is 23.7 Å². The minimum absolute atomic E-state index is 0.0999. The number of ether oxygens (including phenoxy) is 5. The molecule has 50 heavy (non-hydrogen) atoms. The molecule has 290 valence electrons. The summed E-state index contributed by atoms with van der Waals surface area (Å²) >= 11 is 1.15. The second kappa shape index (κ2) is 17.3. The molecule has 24 heteroatoms. The highest BCUT2D eigenvalue weighted by Gasteiger charge is 2.90. The maximum atomic E-state index is 14.0. The minimum atomic E-state index is -7.96. The van der Waals surface area contributed by atoms with Crippen molar-refractivity contribution in [2.24, 2.45) is 0 Å². The van der Waals surface area contributed by atoms with Gasteiger partial charge in [-0.05, 0) is 5.75 Å². The Morgan fingerprint density at radius 1 is 0.620 bits per heavy atom. The van der Waals surface area contributed by atoms with Crippen molar-refractivity contribution in [1.82, 2.24) is 0 Å². The van der Waals surface area contributed by atoms with Crippen molar-refractivity contribution in [2.75, 3.05) is 23.9 Å². The fraction of sp³-hybridized carbons (Fsp3) is 0.769. The number of hydrogen-bond acceptors (Lipinski definition) is 11. The van der Waals surface area contributed by atoms with E-state index in [1.165, 1.54) is 12.2 Å². The van der Waals surface area contributed by atoms with Crippen LogP contribution in [-0.4, -0.2) is 113 Å². The fourth-order valence-electron chi connectivity index (χ4n) is 3.92. The van der Waals surface area contributed by atoms with Gasteiger partial charge in [-0.25, -0.2) is 0 Å². The van der Waals surface area contributed by atoms with Crippen LogP contribution in [0.1, 0.15) is 34.1 Å². The summed E-state index contributed by atoms with van der Waals surface area (Å²) in [5, 5.41) is 0. The van der Waals surface area contributed by atoms with Crippen molar-refractivity contribution >= 4 is 47.4 Å². The number of carbonyl (C=O) groups excluding carboxylic acids is 4. The minimum Gasteiger partial charge on any atom is -0.463 e. The number of alkyl halides is 13. The smallest absolute Gasteiger partial charge is 0.460 e. The van der Waals surface area contributed by atoms with Crippen molar-refractivity contribution < 1.29 is 99.9 Å². The Balaban J connectivity index is 2.98. The van der Waals surface area contributed by atoms with Crippen LogP contribution in [0.25, 0.3) is 0 Å². The summed E-state index contributed by atoms with van der Waals surface area (Å²) in [4.78, 5) is 46.8. The maximum absolute atomic E-state index is 14.0. The van der Waals surface area contributed by atoms with Gasteiger partial charge in [0.25, 0.3) is 0 Å². The van der Waals surface area contributed by atoms with Crippen LogP contribution in [0.4, 0.5) is 57.1 Å². The van der Waals surface area contributed by atoms with Crippen LogP contribution in [0.2, 0.25) is 0 Å². The van der Waals surface area contributed by atoms with E-state index in [2.05, 4.69) is 0 Å². The first kappa shape index (κ1) is 45.4. The molecule has 0 N–H and O–H groups in total. The third-order valence-electron chi connectivity index (χ3n) is 6.24. The van der Waals surface area contributed by atoms with Gasteiger partial charge in [0.1, 0.15) is 18.1 Å². The molecule has 0 bridgehead atoms. The van der Waals surface area contributed by atoms with Crippen LogP contribution < -0.4 is 0 Å². The summed E-state index contributed by atoms with van der Waals surface area (Å²) < 4.78 is 199. The molecule has 0 radical (unpaired) electrons. The van der Waals surface area contributed by atoms with E-state index in [9.17, 15) is 76.3 Å². The van der Waals surface area contributed by atoms with Crippen molar-refractivity contribution in [3.05, 3.63) is 12.2 Å². The van der Waals surface area contributed by atoms with Gasteiger partial charge in [0.2, 0.25) is 0 Å². The molecule has 0 aromatic heterocycles. The zero-order valence-electron chi connectivity index (χ0n) is 26.0. The molecule has 0 aromatic rings. The van der Waals surface area contributed by atoms with E-state index in [1.807, 2.05) is 0 Å². The number of hydrogen-bond donors (Lipinski definition) is 0. The van der Waals surface area contributed by atoms with E-state index in [1.54, 1.807) is 0 Å². The summed E-state index contributed by atoms with van der Waals surface area (Å²) in [6.07, 6.45) is -13.0. The number of esters is 4. The highest BCUT2D eigenvalue weighted by Crippen LogP contribution is 2.60. The summed E-state index contributed by atoms with van der Waals surface area (Å²) in [6.45, 7) is 3.49. The van der Waals surface area contributed by atoms with Gasteiger partial charge in [0, 0.05) is 45.6 Å². The topological polar surface area (TPSA) is 114 Å². The normalized spacial score (nSPS) is 22.6. The van der Waals surface area contributed by atoms with Crippen molar-refractivity contribution in [3.63, 3.8) is 0 Å². The SMILES string of the molecule is CC(=O)OC[C@H]1O[C@H](SC/C=C/CSCCC(F)(F)C(F)(F)C(F)(F)C(F)(F)C(F)(F)C(F)(F)F)[C@H](OC(C)=O)[C@@H](OC(C)=O)[C@@H]1OC(C)=O. The Morgan fingerprint density at radius 2 is 1.08 bits per heavy atom. The molecular formula is C26H29F13O9S2. The van der Waals surface area contributed by atoms with Crippen molar-refractivity contribution in [2.45, 2.75) is 99.8 Å². The average molecular weight is 797 g/mol. The van der Waals surface area contributed by atoms with Crippen molar-refractivity contribution in [3.8, 4) is 0 Å². The number of halogens is 13. The predicted molar refractivity (Wildman–Crippen MR) is 146 cm³/mol. The molecule has 1 saturated heterocycles. The summed E-state index contributed by atoms with van der Waals surface area (Å²) in [5.41, 5.74) is -1.22. The second-order valence-electron chi connectivity index (χ2n) is 10.2. The van der Waals surface area contributed by atoms with Gasteiger partial charge in [-0.1, -0.05) is 12.2 Å². The Bertz CT molecular complexity index is 1230. The largest absolute Gasteiger partial charge is 0.463 e. The van der Waals surface area contributed by atoms with E-state index in [0.29, 0.717) is 11.8 Å². The van der Waals surface area contributed by atoms with E-state index in [4.69, 9.17) is 23.7 Å². The molecule has 1 fully saturated rings. The van der Waals surface area contributed by atoms with Crippen LogP contribution in [0.15, 0.2) is 12.2 Å². The monoisotopic (exact) mass is 796 g/mol. The molecule has 9 nitrogen and oxygen atoms in total. The molecule has 5 atom stereocenters. The standard InChI is InChI=1S/C26H29F13O9S2/c1-12(40)44-11-16-17(45-13(2)41)18(46-14(3)42)19(47-15(4)43)20(48-16)50-9-6-5-8-49-10-7-21(27,28)22(29,30)23(31,32)24(33,34)25(35,36)26(37,38)39/h5-6,16-20H,7-11H2,1-4H3/b6-5+/t16-,17-,18+,19-,20-/m1/s1. The first-order valence-electron chi connectivity index (χ1n) is 13.7. The molecular weight excluding hydrogens is 767 g/mol. The predicted octanol–water partition coefficient (Wildman–Crippen LogP) is 6.22. The number of thioether (sulfide) groups is 2. The molecule has 1 rings (SSSR count). The van der Waals surface area contributed by atoms with Crippen molar-refractivity contribution in [1.29, 1.82) is 0 Å². The second-order valence-corrected chi connectivity index (χ2v) is 12.5. The highest BCUT2D eigenvalue weighted by atomic mass is 32.2. The molecule has 1 aliphatic rings. The summed E-state index contributed by atoms with van der Waals surface area (Å²) in [5.74, 6) is -42.2. The lowest BCUT2D eigenvalue weighted by molar-refractivity contribution is -0.439. The average Bonchev–Trinajstić information content (AvgIpc) is 2.94. The van der Waals surface area contributed by atoms with Gasteiger partial charge >= 0.3 is 59.7 Å². The molecule has 0 aliphatic carbocycles. The Kier molecular flexibility index (Phi) is 15.7. The zero-order chi connectivity index (χ0) is 39.1. The van der Waals surface area contributed by atoms with E-state index in [0.717, 1.165) is 39.5 Å². The molecule has 0 unspecified atom stereocenters.